The van der Waals surface area contributed by atoms with Gasteiger partial charge in [-0.1, -0.05) is 188 Å². The van der Waals surface area contributed by atoms with E-state index in [1.54, 1.807) is 0 Å². The molecule has 1 aliphatic heterocycles. The lowest BCUT2D eigenvalue weighted by atomic mass is 9.96. The third-order valence-corrected chi connectivity index (χ3v) is 13.6. The van der Waals surface area contributed by atoms with Crippen LogP contribution in [0.4, 0.5) is 17.1 Å². The molecule has 1 aromatic heterocycles. The fourth-order valence-corrected chi connectivity index (χ4v) is 10.3. The van der Waals surface area contributed by atoms with Crippen molar-refractivity contribution in [3.05, 3.63) is 242 Å². The van der Waals surface area contributed by atoms with Crippen LogP contribution in [0.3, 0.4) is 0 Å². The number of nitrogens with zero attached hydrogens (tertiary/aromatic N) is 1. The molecule has 3 nitrogen and oxygen atoms in total. The van der Waals surface area contributed by atoms with Crippen LogP contribution in [0, 0.1) is 5.92 Å². The Kier molecular flexibility index (Phi) is 8.26. The van der Waals surface area contributed by atoms with Crippen LogP contribution in [0.25, 0.3) is 77.6 Å². The van der Waals surface area contributed by atoms with Crippen molar-refractivity contribution in [1.82, 2.24) is 0 Å². The predicted molar refractivity (Wildman–Crippen MR) is 263 cm³/mol. The number of furan rings is 1. The first-order chi connectivity index (χ1) is 31.7. The summed E-state index contributed by atoms with van der Waals surface area (Å²) in [7, 11) is 0. The maximum Gasteiger partial charge on any atom is 0.143 e. The number of allylic oxidation sites excluding steroid dienone is 2. The summed E-state index contributed by atoms with van der Waals surface area (Å²) in [5.74, 6) is 1.91. The molecule has 1 spiro atoms. The molecule has 3 heteroatoms. The summed E-state index contributed by atoms with van der Waals surface area (Å²) in [5.41, 5.74) is 17.9. The summed E-state index contributed by atoms with van der Waals surface area (Å²) in [4.78, 5) is 2.34. The summed E-state index contributed by atoms with van der Waals surface area (Å²) in [6, 6.07) is 76.3. The molecule has 1 fully saturated rings. The smallest absolute Gasteiger partial charge is 0.143 e. The Morgan fingerprint density at radius 3 is 1.50 bits per heavy atom. The Bertz CT molecular complexity index is 3440. The molecule has 0 radical (unpaired) electrons. The quantitative estimate of drug-likeness (QED) is 0.153. The van der Waals surface area contributed by atoms with Gasteiger partial charge in [0.1, 0.15) is 22.5 Å². The minimum atomic E-state index is -0.185. The molecule has 9 aromatic carbocycles. The molecule has 2 aliphatic carbocycles. The van der Waals surface area contributed by atoms with E-state index in [-0.39, 0.29) is 5.60 Å². The van der Waals surface area contributed by atoms with Gasteiger partial charge in [0, 0.05) is 56.4 Å². The number of ether oxygens (including phenoxy) is 1. The number of anilines is 3. The SMILES string of the molecule is C1=CC2C3c4cccc(-c5ccc(-c6ccc(N(c7ccc(-c8ccccc8)cc7)c7ccc(-c8ccc(-c9cccc%10c9oc9ccccc9%10)cc8)cc7)cc6)cc5)c4OC23C=C1. The van der Waals surface area contributed by atoms with E-state index in [1.807, 2.05) is 12.1 Å². The van der Waals surface area contributed by atoms with Gasteiger partial charge in [0.2, 0.25) is 0 Å². The maximum atomic E-state index is 6.73. The van der Waals surface area contributed by atoms with Crippen molar-refractivity contribution < 1.29 is 9.15 Å². The molecular weight excluding hydrogens is 779 g/mol. The molecule has 302 valence electrons. The van der Waals surface area contributed by atoms with E-state index < -0.39 is 0 Å². The highest BCUT2D eigenvalue weighted by molar-refractivity contribution is 6.09. The molecule has 0 N–H and O–H groups in total. The van der Waals surface area contributed by atoms with Gasteiger partial charge in [-0.25, -0.2) is 0 Å². The molecule has 3 aliphatic rings. The Hall–Kier alpha value is -8.14. The molecule has 0 bridgehead atoms. The number of para-hydroxylation sites is 3. The van der Waals surface area contributed by atoms with Gasteiger partial charge in [-0.2, -0.15) is 0 Å². The molecule has 3 atom stereocenters. The van der Waals surface area contributed by atoms with Crippen molar-refractivity contribution in [1.29, 1.82) is 0 Å². The molecule has 2 heterocycles. The lowest BCUT2D eigenvalue weighted by molar-refractivity contribution is 0.231. The maximum absolute atomic E-state index is 6.73. The van der Waals surface area contributed by atoms with Crippen molar-refractivity contribution in [3.8, 4) is 61.4 Å². The lowest BCUT2D eigenvalue weighted by Gasteiger charge is -2.26. The zero-order chi connectivity index (χ0) is 42.2. The number of fused-ring (bicyclic) bond motifs is 6. The summed E-state index contributed by atoms with van der Waals surface area (Å²) >= 11 is 0. The van der Waals surface area contributed by atoms with Gasteiger partial charge in [0.05, 0.1) is 0 Å². The van der Waals surface area contributed by atoms with Crippen LogP contribution in [-0.4, -0.2) is 5.60 Å². The molecule has 0 saturated heterocycles. The fraction of sp³-hybridized carbons (Fsp3) is 0.0492. The van der Waals surface area contributed by atoms with Crippen molar-refractivity contribution in [2.24, 2.45) is 5.92 Å². The summed E-state index contributed by atoms with van der Waals surface area (Å²) in [5, 5.41) is 2.28. The predicted octanol–water partition coefficient (Wildman–Crippen LogP) is 16.4. The van der Waals surface area contributed by atoms with Gasteiger partial charge < -0.3 is 14.1 Å². The second kappa shape index (κ2) is 14.5. The monoisotopic (exact) mass is 819 g/mol. The highest BCUT2D eigenvalue weighted by Gasteiger charge is 2.70. The van der Waals surface area contributed by atoms with E-state index in [1.165, 1.54) is 33.4 Å². The number of benzene rings is 9. The second-order valence-electron chi connectivity index (χ2n) is 17.2. The summed E-state index contributed by atoms with van der Waals surface area (Å²) in [6.45, 7) is 0. The van der Waals surface area contributed by atoms with Crippen LogP contribution in [-0.2, 0) is 0 Å². The van der Waals surface area contributed by atoms with Gasteiger partial charge >= 0.3 is 0 Å². The summed E-state index contributed by atoms with van der Waals surface area (Å²) in [6.07, 6.45) is 8.83. The van der Waals surface area contributed by atoms with E-state index in [9.17, 15) is 0 Å². The normalized spacial score (nSPS) is 17.8. The third kappa shape index (κ3) is 5.89. The van der Waals surface area contributed by atoms with Crippen molar-refractivity contribution >= 4 is 39.0 Å². The van der Waals surface area contributed by atoms with Crippen LogP contribution >= 0.6 is 0 Å². The van der Waals surface area contributed by atoms with Crippen LogP contribution in [0.2, 0.25) is 0 Å². The van der Waals surface area contributed by atoms with E-state index >= 15 is 0 Å². The highest BCUT2D eigenvalue weighted by atomic mass is 16.5. The Morgan fingerprint density at radius 2 is 0.875 bits per heavy atom. The van der Waals surface area contributed by atoms with E-state index in [4.69, 9.17) is 9.15 Å². The van der Waals surface area contributed by atoms with E-state index in [0.29, 0.717) is 11.8 Å². The highest BCUT2D eigenvalue weighted by Crippen LogP contribution is 2.69. The van der Waals surface area contributed by atoms with Crippen LogP contribution in [0.5, 0.6) is 5.75 Å². The van der Waals surface area contributed by atoms with Crippen LogP contribution in [0.1, 0.15) is 11.5 Å². The third-order valence-electron chi connectivity index (χ3n) is 13.6. The zero-order valence-electron chi connectivity index (χ0n) is 34.9. The van der Waals surface area contributed by atoms with Gasteiger partial charge in [-0.05, 0) is 93.0 Å². The van der Waals surface area contributed by atoms with Gasteiger partial charge in [-0.3, -0.25) is 0 Å². The van der Waals surface area contributed by atoms with Gasteiger partial charge in [-0.15, -0.1) is 0 Å². The van der Waals surface area contributed by atoms with Gasteiger partial charge in [0.25, 0.3) is 0 Å². The Labute approximate surface area is 372 Å². The van der Waals surface area contributed by atoms with E-state index in [2.05, 4.69) is 229 Å². The fourth-order valence-electron chi connectivity index (χ4n) is 10.3. The number of hydrogen-bond acceptors (Lipinski definition) is 3. The van der Waals surface area contributed by atoms with E-state index in [0.717, 1.165) is 72.6 Å². The topological polar surface area (TPSA) is 25.6 Å². The average Bonchev–Trinajstić information content (AvgIpc) is 3.67. The van der Waals surface area contributed by atoms with Crippen LogP contribution < -0.4 is 9.64 Å². The molecule has 10 aromatic rings. The first-order valence-electron chi connectivity index (χ1n) is 22.1. The Morgan fingerprint density at radius 1 is 0.391 bits per heavy atom. The molecule has 64 heavy (non-hydrogen) atoms. The van der Waals surface area contributed by atoms with Crippen molar-refractivity contribution in [2.45, 2.75) is 11.5 Å². The second-order valence-corrected chi connectivity index (χ2v) is 17.2. The molecular formula is C61H41NO2. The van der Waals surface area contributed by atoms with Gasteiger partial charge in [0.15, 0.2) is 0 Å². The molecule has 13 rings (SSSR count). The average molecular weight is 820 g/mol. The van der Waals surface area contributed by atoms with Crippen molar-refractivity contribution in [3.63, 3.8) is 0 Å². The van der Waals surface area contributed by atoms with Crippen LogP contribution in [0.15, 0.2) is 241 Å². The number of hydrogen-bond donors (Lipinski definition) is 0. The standard InChI is InChI=1S/C61H41NO2/c1-2-10-40(11-3-1)43-27-33-48(34-28-43)62(49-35-29-44(30-36-49)41-19-23-46(24-20-41)51-13-8-15-54-53-12-4-5-18-57(53)63-59(51)54)50-37-31-45(32-38-50)42-21-25-47(26-22-42)52-14-9-16-55-58-56-17-6-7-39-61(56,58)64-60(52)55/h1-39,56,58H. The first kappa shape index (κ1) is 36.5. The molecule has 1 saturated carbocycles. The molecule has 0 amide bonds. The van der Waals surface area contributed by atoms with Crippen molar-refractivity contribution in [2.75, 3.05) is 4.90 Å². The minimum absolute atomic E-state index is 0.185. The lowest BCUT2D eigenvalue weighted by Crippen LogP contribution is -2.17. The zero-order valence-corrected chi connectivity index (χ0v) is 34.9. The Balaban J connectivity index is 0.792. The summed E-state index contributed by atoms with van der Waals surface area (Å²) < 4.78 is 13.1. The number of rotatable bonds is 8. The molecule has 3 unspecified atom stereocenters. The largest absolute Gasteiger partial charge is 0.481 e. The minimum Gasteiger partial charge on any atom is -0.481 e. The first-order valence-corrected chi connectivity index (χ1v) is 22.1.